The van der Waals surface area contributed by atoms with E-state index in [1.807, 2.05) is 0 Å². The van der Waals surface area contributed by atoms with Crippen LogP contribution < -0.4 is 0 Å². The molecule has 0 bridgehead atoms. The van der Waals surface area contributed by atoms with Crippen LogP contribution in [0.5, 0.6) is 0 Å². The van der Waals surface area contributed by atoms with Gasteiger partial charge in [0.25, 0.3) is 0 Å². The Kier molecular flexibility index (Phi) is 5.86. The van der Waals surface area contributed by atoms with Crippen LogP contribution in [0.3, 0.4) is 0 Å². The summed E-state index contributed by atoms with van der Waals surface area (Å²) in [6.07, 6.45) is 0. The normalized spacial score (nSPS) is 11.9. The van der Waals surface area contributed by atoms with Crippen LogP contribution in [0.15, 0.2) is 170 Å². The number of hydrogen-bond donors (Lipinski definition) is 0. The van der Waals surface area contributed by atoms with Crippen molar-refractivity contribution < 1.29 is 0 Å². The Balaban J connectivity index is 1.24. The molecule has 0 spiro atoms. The molecule has 0 amide bonds. The molecule has 0 aliphatic rings. The van der Waals surface area contributed by atoms with Gasteiger partial charge in [-0.25, -0.2) is 0 Å². The molecule has 9 aromatic carbocycles. The summed E-state index contributed by atoms with van der Waals surface area (Å²) in [6, 6.07) is 62.6. The van der Waals surface area contributed by atoms with Gasteiger partial charge in [0, 0.05) is 16.5 Å². The molecule has 1 aromatic heterocycles. The molecule has 0 N–H and O–H groups in total. The van der Waals surface area contributed by atoms with Crippen molar-refractivity contribution in [2.45, 2.75) is 6.92 Å². The third-order valence-electron chi connectivity index (χ3n) is 10.2. The van der Waals surface area contributed by atoms with Crippen molar-refractivity contribution >= 4 is 64.9 Å². The second-order valence-corrected chi connectivity index (χ2v) is 13.0. The largest absolute Gasteiger partial charge is 0.309 e. The third kappa shape index (κ3) is 3.91. The molecule has 1 heteroatoms. The first-order valence-corrected chi connectivity index (χ1v) is 16.7. The van der Waals surface area contributed by atoms with Gasteiger partial charge in [0.05, 0.1) is 11.0 Å². The second-order valence-electron chi connectivity index (χ2n) is 13.0. The number of aromatic nitrogens is 1. The van der Waals surface area contributed by atoms with E-state index >= 15 is 0 Å². The molecule has 0 radical (unpaired) electrons. The number of hydrogen-bond acceptors (Lipinski definition) is 0. The van der Waals surface area contributed by atoms with Crippen LogP contribution in [0, 0.1) is 6.92 Å². The Labute approximate surface area is 278 Å². The van der Waals surface area contributed by atoms with Gasteiger partial charge in [0.15, 0.2) is 0 Å². The maximum absolute atomic E-state index is 2.46. The SMILES string of the molecule is Cc1ccc2ccc3c(c2c1)c1c2ccccc2ccc1n3-c1ccc(-c2c3ccccc3c(-c3ccccc3)c3ccccc23)cc1. The van der Waals surface area contributed by atoms with E-state index in [1.165, 1.54) is 92.7 Å². The average molecular weight is 610 g/mol. The van der Waals surface area contributed by atoms with Crippen LogP contribution in [0.2, 0.25) is 0 Å². The van der Waals surface area contributed by atoms with Crippen molar-refractivity contribution in [2.24, 2.45) is 0 Å². The van der Waals surface area contributed by atoms with E-state index in [1.54, 1.807) is 0 Å². The first-order valence-electron chi connectivity index (χ1n) is 16.7. The van der Waals surface area contributed by atoms with E-state index in [9.17, 15) is 0 Å². The lowest BCUT2D eigenvalue weighted by atomic mass is 9.86. The zero-order valence-electron chi connectivity index (χ0n) is 26.6. The Hall–Kier alpha value is -6.18. The van der Waals surface area contributed by atoms with Crippen molar-refractivity contribution in [3.63, 3.8) is 0 Å². The van der Waals surface area contributed by atoms with Crippen molar-refractivity contribution in [3.8, 4) is 27.9 Å². The van der Waals surface area contributed by atoms with Gasteiger partial charge in [-0.05, 0) is 96.5 Å². The molecule has 10 aromatic rings. The monoisotopic (exact) mass is 609 g/mol. The summed E-state index contributed by atoms with van der Waals surface area (Å²) in [5.41, 5.74) is 9.94. The molecule has 0 atom stereocenters. The van der Waals surface area contributed by atoms with Gasteiger partial charge in [-0.3, -0.25) is 0 Å². The molecule has 0 unspecified atom stereocenters. The first kappa shape index (κ1) is 27.0. The fourth-order valence-corrected chi connectivity index (χ4v) is 8.12. The molecule has 1 heterocycles. The van der Waals surface area contributed by atoms with Crippen molar-refractivity contribution in [3.05, 3.63) is 175 Å². The number of nitrogens with zero attached hydrogens (tertiary/aromatic N) is 1. The predicted molar refractivity (Wildman–Crippen MR) is 206 cm³/mol. The minimum absolute atomic E-state index is 1.16. The maximum Gasteiger partial charge on any atom is 0.0547 e. The highest BCUT2D eigenvalue weighted by molar-refractivity contribution is 6.28. The summed E-state index contributed by atoms with van der Waals surface area (Å²) in [6.45, 7) is 2.19. The smallest absolute Gasteiger partial charge is 0.0547 e. The van der Waals surface area contributed by atoms with Gasteiger partial charge in [-0.2, -0.15) is 0 Å². The Morgan fingerprint density at radius 2 is 0.812 bits per heavy atom. The Morgan fingerprint density at radius 1 is 0.354 bits per heavy atom. The van der Waals surface area contributed by atoms with Gasteiger partial charge in [-0.1, -0.05) is 151 Å². The predicted octanol–water partition coefficient (Wildman–Crippen LogP) is 13.0. The fraction of sp³-hybridized carbons (Fsp3) is 0.0213. The van der Waals surface area contributed by atoms with Crippen LogP contribution in [0.1, 0.15) is 5.56 Å². The van der Waals surface area contributed by atoms with Gasteiger partial charge in [0.2, 0.25) is 0 Å². The summed E-state index contributed by atoms with van der Waals surface area (Å²) < 4.78 is 2.46. The van der Waals surface area contributed by atoms with E-state index in [-0.39, 0.29) is 0 Å². The summed E-state index contributed by atoms with van der Waals surface area (Å²) in [5.74, 6) is 0. The van der Waals surface area contributed by atoms with E-state index in [0.717, 1.165) is 5.69 Å². The summed E-state index contributed by atoms with van der Waals surface area (Å²) in [7, 11) is 0. The second kappa shape index (κ2) is 10.4. The number of rotatable bonds is 3. The van der Waals surface area contributed by atoms with Crippen LogP contribution in [0.25, 0.3) is 92.8 Å². The average Bonchev–Trinajstić information content (AvgIpc) is 3.49. The summed E-state index contributed by atoms with van der Waals surface area (Å²) in [4.78, 5) is 0. The molecular weight excluding hydrogens is 579 g/mol. The summed E-state index contributed by atoms with van der Waals surface area (Å²) in [5, 5.41) is 12.9. The van der Waals surface area contributed by atoms with E-state index < -0.39 is 0 Å². The van der Waals surface area contributed by atoms with Gasteiger partial charge in [-0.15, -0.1) is 0 Å². The van der Waals surface area contributed by atoms with Crippen LogP contribution in [0.4, 0.5) is 0 Å². The molecule has 48 heavy (non-hydrogen) atoms. The van der Waals surface area contributed by atoms with E-state index in [0.29, 0.717) is 0 Å². The van der Waals surface area contributed by atoms with Gasteiger partial charge >= 0.3 is 0 Å². The molecular formula is C47H31N. The van der Waals surface area contributed by atoms with Crippen molar-refractivity contribution in [1.82, 2.24) is 4.57 Å². The molecule has 1 nitrogen and oxygen atoms in total. The topological polar surface area (TPSA) is 4.93 Å². The number of fused-ring (bicyclic) bond motifs is 9. The zero-order valence-corrected chi connectivity index (χ0v) is 26.6. The van der Waals surface area contributed by atoms with Crippen LogP contribution >= 0.6 is 0 Å². The maximum atomic E-state index is 2.46. The highest BCUT2D eigenvalue weighted by Crippen LogP contribution is 2.45. The molecule has 0 aliphatic carbocycles. The fourth-order valence-electron chi connectivity index (χ4n) is 8.12. The van der Waals surface area contributed by atoms with E-state index in [4.69, 9.17) is 0 Å². The quantitative estimate of drug-likeness (QED) is 0.176. The van der Waals surface area contributed by atoms with Crippen molar-refractivity contribution in [2.75, 3.05) is 0 Å². The lowest BCUT2D eigenvalue weighted by molar-refractivity contribution is 1.18. The van der Waals surface area contributed by atoms with Gasteiger partial charge in [0.1, 0.15) is 0 Å². The highest BCUT2D eigenvalue weighted by atomic mass is 15.0. The highest BCUT2D eigenvalue weighted by Gasteiger charge is 2.19. The molecule has 224 valence electrons. The molecule has 10 rings (SSSR count). The Morgan fingerprint density at radius 3 is 1.42 bits per heavy atom. The van der Waals surface area contributed by atoms with Gasteiger partial charge < -0.3 is 4.57 Å². The molecule has 0 saturated heterocycles. The number of aryl methyl sites for hydroxylation is 1. The minimum atomic E-state index is 1.16. The molecule has 0 saturated carbocycles. The third-order valence-corrected chi connectivity index (χ3v) is 10.2. The van der Waals surface area contributed by atoms with E-state index in [2.05, 4.69) is 181 Å². The minimum Gasteiger partial charge on any atom is -0.309 e. The lowest BCUT2D eigenvalue weighted by Crippen LogP contribution is -1.95. The zero-order chi connectivity index (χ0) is 31.8. The number of benzene rings is 9. The standard InChI is InChI=1S/C47H31N/c1-30-19-20-32-24-28-43-47(41(32)29-30)46-36-14-6-5-11-31(36)23-27-42(46)48(43)35-25-21-34(22-26-35)45-39-17-9-7-15-37(39)44(33-12-3-2-4-13-33)38-16-8-10-18-40(38)45/h2-29H,1H3. The van der Waals surface area contributed by atoms with Crippen molar-refractivity contribution in [1.29, 1.82) is 0 Å². The Bertz CT molecular complexity index is 2820. The van der Waals surface area contributed by atoms with Crippen LogP contribution in [-0.4, -0.2) is 4.57 Å². The molecule has 0 fully saturated rings. The lowest BCUT2D eigenvalue weighted by Gasteiger charge is -2.18. The first-order chi connectivity index (χ1) is 23.7. The van der Waals surface area contributed by atoms with Crippen LogP contribution in [-0.2, 0) is 0 Å². The molecule has 0 aliphatic heterocycles. The summed E-state index contributed by atoms with van der Waals surface area (Å²) >= 11 is 0.